The van der Waals surface area contributed by atoms with Crippen LogP contribution in [0.3, 0.4) is 0 Å². The molecule has 0 aliphatic heterocycles. The van der Waals surface area contributed by atoms with Gasteiger partial charge < -0.3 is 15.8 Å². The van der Waals surface area contributed by atoms with Gasteiger partial charge in [-0.25, -0.2) is 0 Å². The van der Waals surface area contributed by atoms with Gasteiger partial charge in [-0.1, -0.05) is 6.07 Å². The largest absolute Gasteiger partial charge is 0.399 e. The highest BCUT2D eigenvalue weighted by Gasteiger charge is 2.22. The van der Waals surface area contributed by atoms with Crippen LogP contribution in [0.4, 0.5) is 11.4 Å². The topological polar surface area (TPSA) is 67.6 Å². The Hall–Kier alpha value is -1.59. The molecule has 0 aliphatic carbocycles. The van der Waals surface area contributed by atoms with Crippen molar-refractivity contribution >= 4 is 17.3 Å². The van der Waals surface area contributed by atoms with Crippen LogP contribution >= 0.6 is 0 Å². The third-order valence-electron chi connectivity index (χ3n) is 3.61. The van der Waals surface area contributed by atoms with E-state index in [9.17, 15) is 4.79 Å². The minimum absolute atomic E-state index is 0.0517. The predicted octanol–water partition coefficient (Wildman–Crippen LogP) is 1.87. The van der Waals surface area contributed by atoms with Crippen molar-refractivity contribution < 1.29 is 9.53 Å². The Labute approximate surface area is 121 Å². The Morgan fingerprint density at radius 3 is 2.70 bits per heavy atom. The highest BCUT2D eigenvalue weighted by Crippen LogP contribution is 2.18. The van der Waals surface area contributed by atoms with Crippen LogP contribution in [0.1, 0.15) is 19.4 Å². The summed E-state index contributed by atoms with van der Waals surface area (Å²) in [5.41, 5.74) is 8.14. The zero-order chi connectivity index (χ0) is 15.3. The number of carbonyl (C=O) groups excluding carboxylic acids is 1. The van der Waals surface area contributed by atoms with Gasteiger partial charge in [0, 0.05) is 24.5 Å². The second-order valence-electron chi connectivity index (χ2n) is 5.21. The van der Waals surface area contributed by atoms with Gasteiger partial charge in [-0.15, -0.1) is 0 Å². The number of anilines is 2. The van der Waals surface area contributed by atoms with Crippen molar-refractivity contribution in [3.63, 3.8) is 0 Å². The average molecular weight is 279 g/mol. The Balaban J connectivity index is 2.72. The van der Waals surface area contributed by atoms with Crippen molar-refractivity contribution in [3.8, 4) is 0 Å². The van der Waals surface area contributed by atoms with E-state index in [1.54, 1.807) is 13.2 Å². The number of amides is 1. The minimum atomic E-state index is -0.249. The molecule has 20 heavy (non-hydrogen) atoms. The molecule has 0 radical (unpaired) electrons. The standard InChI is InChI=1S/C15H25N3O2/c1-10-6-7-13(16)8-14(10)17-15(19)12(3)18(4)11(2)9-20-5/h6-8,11-12H,9,16H2,1-5H3,(H,17,19). The second-order valence-corrected chi connectivity index (χ2v) is 5.21. The molecule has 3 N–H and O–H groups in total. The van der Waals surface area contributed by atoms with E-state index < -0.39 is 0 Å². The molecule has 0 fully saturated rings. The van der Waals surface area contributed by atoms with Crippen molar-refractivity contribution in [1.82, 2.24) is 4.90 Å². The fourth-order valence-corrected chi connectivity index (χ4v) is 1.94. The number of likely N-dealkylation sites (N-methyl/N-ethyl adjacent to an activating group) is 1. The maximum atomic E-state index is 12.3. The van der Waals surface area contributed by atoms with Crippen LogP contribution in [-0.4, -0.2) is 43.7 Å². The normalized spacial score (nSPS) is 14.1. The number of nitrogens with two attached hydrogens (primary N) is 1. The molecule has 0 saturated carbocycles. The first kappa shape index (κ1) is 16.5. The Kier molecular flexibility index (Phi) is 5.98. The van der Waals surface area contributed by atoms with Gasteiger partial charge in [0.05, 0.1) is 12.6 Å². The number of aryl methyl sites for hydroxylation is 1. The monoisotopic (exact) mass is 279 g/mol. The molecule has 0 heterocycles. The van der Waals surface area contributed by atoms with Gasteiger partial charge in [0.25, 0.3) is 0 Å². The molecule has 112 valence electrons. The van der Waals surface area contributed by atoms with Crippen molar-refractivity contribution in [1.29, 1.82) is 0 Å². The smallest absolute Gasteiger partial charge is 0.241 e. The first-order chi connectivity index (χ1) is 9.36. The summed E-state index contributed by atoms with van der Waals surface area (Å²) in [6.45, 7) is 6.44. The number of ether oxygens (including phenoxy) is 1. The molecule has 1 rings (SSSR count). The van der Waals surface area contributed by atoms with Gasteiger partial charge in [-0.2, -0.15) is 0 Å². The van der Waals surface area contributed by atoms with Crippen LogP contribution in [0.5, 0.6) is 0 Å². The van der Waals surface area contributed by atoms with Crippen LogP contribution in [0.15, 0.2) is 18.2 Å². The third kappa shape index (κ3) is 4.21. The van der Waals surface area contributed by atoms with Crippen LogP contribution in [0.25, 0.3) is 0 Å². The lowest BCUT2D eigenvalue weighted by Crippen LogP contribution is -2.45. The number of methoxy groups -OCH3 is 1. The third-order valence-corrected chi connectivity index (χ3v) is 3.61. The van der Waals surface area contributed by atoms with E-state index in [1.165, 1.54) is 0 Å². The Morgan fingerprint density at radius 2 is 2.10 bits per heavy atom. The van der Waals surface area contributed by atoms with E-state index in [0.717, 1.165) is 11.3 Å². The number of benzene rings is 1. The lowest BCUT2D eigenvalue weighted by molar-refractivity contribution is -0.121. The maximum absolute atomic E-state index is 12.3. The van der Waals surface area contributed by atoms with Crippen LogP contribution in [0, 0.1) is 6.92 Å². The van der Waals surface area contributed by atoms with Gasteiger partial charge in [-0.3, -0.25) is 9.69 Å². The number of rotatable bonds is 6. The van der Waals surface area contributed by atoms with Gasteiger partial charge in [-0.05, 0) is 45.5 Å². The number of hydrogen-bond donors (Lipinski definition) is 2. The first-order valence-electron chi connectivity index (χ1n) is 6.74. The molecule has 5 nitrogen and oxygen atoms in total. The SMILES string of the molecule is COCC(C)N(C)C(C)C(=O)Nc1cc(N)ccc1C. The summed E-state index contributed by atoms with van der Waals surface area (Å²) in [4.78, 5) is 14.3. The lowest BCUT2D eigenvalue weighted by atomic mass is 10.1. The summed E-state index contributed by atoms with van der Waals surface area (Å²) in [7, 11) is 3.57. The van der Waals surface area contributed by atoms with Crippen LogP contribution in [0.2, 0.25) is 0 Å². The van der Waals surface area contributed by atoms with E-state index in [-0.39, 0.29) is 18.0 Å². The maximum Gasteiger partial charge on any atom is 0.241 e. The van der Waals surface area contributed by atoms with Gasteiger partial charge >= 0.3 is 0 Å². The molecule has 1 amide bonds. The molecule has 5 heteroatoms. The van der Waals surface area contributed by atoms with Crippen molar-refractivity contribution in [3.05, 3.63) is 23.8 Å². The fraction of sp³-hybridized carbons (Fsp3) is 0.533. The highest BCUT2D eigenvalue weighted by atomic mass is 16.5. The number of nitrogens with zero attached hydrogens (tertiary/aromatic N) is 1. The van der Waals surface area contributed by atoms with Gasteiger partial charge in [0.15, 0.2) is 0 Å². The molecule has 2 unspecified atom stereocenters. The Bertz CT molecular complexity index is 462. The minimum Gasteiger partial charge on any atom is -0.399 e. The summed E-state index contributed by atoms with van der Waals surface area (Å²) in [6, 6.07) is 5.41. The fourth-order valence-electron chi connectivity index (χ4n) is 1.94. The predicted molar refractivity (Wildman–Crippen MR) is 82.8 cm³/mol. The molecule has 0 aliphatic rings. The van der Waals surface area contributed by atoms with Crippen molar-refractivity contribution in [2.24, 2.45) is 0 Å². The molecular formula is C15H25N3O2. The summed E-state index contributed by atoms with van der Waals surface area (Å²) in [6.07, 6.45) is 0. The van der Waals surface area contributed by atoms with E-state index >= 15 is 0 Å². The molecule has 1 aromatic carbocycles. The number of nitrogen functional groups attached to an aromatic ring is 1. The summed E-state index contributed by atoms with van der Waals surface area (Å²) >= 11 is 0. The quantitative estimate of drug-likeness (QED) is 0.780. The second kappa shape index (κ2) is 7.26. The van der Waals surface area contributed by atoms with Gasteiger partial charge in [0.2, 0.25) is 5.91 Å². The molecule has 1 aromatic rings. The van der Waals surface area contributed by atoms with Crippen LogP contribution in [-0.2, 0) is 9.53 Å². The van der Waals surface area contributed by atoms with Crippen molar-refractivity contribution in [2.45, 2.75) is 32.9 Å². The van der Waals surface area contributed by atoms with Crippen LogP contribution < -0.4 is 11.1 Å². The average Bonchev–Trinajstić information content (AvgIpc) is 2.41. The zero-order valence-corrected chi connectivity index (χ0v) is 12.9. The van der Waals surface area contributed by atoms with Gasteiger partial charge in [0.1, 0.15) is 0 Å². The Morgan fingerprint density at radius 1 is 1.45 bits per heavy atom. The summed E-state index contributed by atoms with van der Waals surface area (Å²) < 4.78 is 5.12. The number of nitrogens with one attached hydrogen (secondary N) is 1. The number of carbonyl (C=O) groups is 1. The highest BCUT2D eigenvalue weighted by molar-refractivity contribution is 5.95. The van der Waals surface area contributed by atoms with Crippen molar-refractivity contribution in [2.75, 3.05) is 31.8 Å². The lowest BCUT2D eigenvalue weighted by Gasteiger charge is -2.29. The molecule has 0 spiro atoms. The molecular weight excluding hydrogens is 254 g/mol. The van der Waals surface area contributed by atoms with E-state index in [0.29, 0.717) is 12.3 Å². The van der Waals surface area contributed by atoms with E-state index in [4.69, 9.17) is 10.5 Å². The van der Waals surface area contributed by atoms with E-state index in [2.05, 4.69) is 5.32 Å². The summed E-state index contributed by atoms with van der Waals surface area (Å²) in [5, 5.41) is 2.93. The van der Waals surface area contributed by atoms with E-state index in [1.807, 2.05) is 44.9 Å². The molecule has 0 saturated heterocycles. The zero-order valence-electron chi connectivity index (χ0n) is 12.9. The summed E-state index contributed by atoms with van der Waals surface area (Å²) in [5.74, 6) is -0.0517. The molecule has 0 bridgehead atoms. The first-order valence-corrected chi connectivity index (χ1v) is 6.74. The molecule has 0 aromatic heterocycles. The number of hydrogen-bond acceptors (Lipinski definition) is 4. The molecule has 2 atom stereocenters.